The van der Waals surface area contributed by atoms with Crippen LogP contribution in [0.5, 0.6) is 0 Å². The molecule has 2 N–H and O–H groups in total. The largest absolute Gasteiger partial charge is 0.397 e. The van der Waals surface area contributed by atoms with Crippen molar-refractivity contribution in [3.8, 4) is 0 Å². The van der Waals surface area contributed by atoms with E-state index in [1.165, 1.54) is 11.8 Å². The smallest absolute Gasteiger partial charge is 0.272 e. The second-order valence-electron chi connectivity index (χ2n) is 5.46. The minimum absolute atomic E-state index is 0.00781. The predicted molar refractivity (Wildman–Crippen MR) is 82.9 cm³/mol. The molecule has 1 aliphatic rings. The summed E-state index contributed by atoms with van der Waals surface area (Å²) in [6, 6.07) is 14.0. The van der Waals surface area contributed by atoms with Gasteiger partial charge in [-0.1, -0.05) is 30.3 Å². The van der Waals surface area contributed by atoms with Crippen molar-refractivity contribution in [2.45, 2.75) is 25.3 Å². The Kier molecular flexibility index (Phi) is 3.86. The summed E-state index contributed by atoms with van der Waals surface area (Å²) in [5.74, 6) is 0.00781. The Hall–Kier alpha value is -2.36. The molecule has 21 heavy (non-hydrogen) atoms. The molecule has 1 unspecified atom stereocenters. The maximum atomic E-state index is 12.6. The number of amides is 1. The Morgan fingerprint density at radius 2 is 2.05 bits per heavy atom. The van der Waals surface area contributed by atoms with Crippen molar-refractivity contribution < 1.29 is 4.79 Å². The average molecular weight is 281 g/mol. The summed E-state index contributed by atoms with van der Waals surface area (Å²) in [5, 5.41) is 0. The SMILES string of the molecule is Nc1ccc(C(=O)N2CCCC2Cc2ccccc2)nc1. The normalized spacial score (nSPS) is 17.9. The first kappa shape index (κ1) is 13.6. The molecule has 4 nitrogen and oxygen atoms in total. The number of anilines is 1. The number of carbonyl (C=O) groups excluding carboxylic acids is 1. The van der Waals surface area contributed by atoms with Gasteiger partial charge < -0.3 is 10.6 Å². The summed E-state index contributed by atoms with van der Waals surface area (Å²) in [7, 11) is 0. The fourth-order valence-electron chi connectivity index (χ4n) is 2.88. The summed E-state index contributed by atoms with van der Waals surface area (Å²) < 4.78 is 0. The lowest BCUT2D eigenvalue weighted by molar-refractivity contribution is 0.0730. The summed E-state index contributed by atoms with van der Waals surface area (Å²) in [5.41, 5.74) is 7.95. The van der Waals surface area contributed by atoms with Crippen LogP contribution in [0, 0.1) is 0 Å². The number of aromatic nitrogens is 1. The standard InChI is InChI=1S/C17H19N3O/c18-14-8-9-16(19-12-14)17(21)20-10-4-7-15(20)11-13-5-2-1-3-6-13/h1-3,5-6,8-9,12,15H,4,7,10-11,18H2. The molecule has 0 aliphatic carbocycles. The van der Waals surface area contributed by atoms with Crippen molar-refractivity contribution >= 4 is 11.6 Å². The second-order valence-corrected chi connectivity index (χ2v) is 5.46. The monoisotopic (exact) mass is 281 g/mol. The topological polar surface area (TPSA) is 59.2 Å². The zero-order valence-corrected chi connectivity index (χ0v) is 11.9. The van der Waals surface area contributed by atoms with Crippen molar-refractivity contribution in [3.63, 3.8) is 0 Å². The van der Waals surface area contributed by atoms with E-state index in [2.05, 4.69) is 17.1 Å². The average Bonchev–Trinajstić information content (AvgIpc) is 2.96. The molecule has 1 aromatic heterocycles. The van der Waals surface area contributed by atoms with E-state index in [1.54, 1.807) is 12.1 Å². The minimum Gasteiger partial charge on any atom is -0.397 e. The molecular formula is C17H19N3O. The van der Waals surface area contributed by atoms with Gasteiger partial charge in [-0.25, -0.2) is 4.98 Å². The summed E-state index contributed by atoms with van der Waals surface area (Å²) in [6.45, 7) is 0.808. The van der Waals surface area contributed by atoms with E-state index in [0.717, 1.165) is 25.8 Å². The van der Waals surface area contributed by atoms with Gasteiger partial charge in [0.05, 0.1) is 11.9 Å². The van der Waals surface area contributed by atoms with Crippen LogP contribution in [0.2, 0.25) is 0 Å². The first-order valence-corrected chi connectivity index (χ1v) is 7.30. The van der Waals surface area contributed by atoms with Crippen LogP contribution in [0.3, 0.4) is 0 Å². The number of rotatable bonds is 3. The van der Waals surface area contributed by atoms with Crippen LogP contribution >= 0.6 is 0 Å². The van der Waals surface area contributed by atoms with E-state index >= 15 is 0 Å². The van der Waals surface area contributed by atoms with Gasteiger partial charge in [-0.15, -0.1) is 0 Å². The number of nitrogen functional groups attached to an aromatic ring is 1. The summed E-state index contributed by atoms with van der Waals surface area (Å²) in [6.07, 6.45) is 4.55. The highest BCUT2D eigenvalue weighted by Gasteiger charge is 2.29. The number of hydrogen-bond donors (Lipinski definition) is 1. The van der Waals surface area contributed by atoms with Crippen molar-refractivity contribution in [3.05, 3.63) is 59.9 Å². The Labute approximate surface area is 124 Å². The van der Waals surface area contributed by atoms with Gasteiger partial charge in [0, 0.05) is 12.6 Å². The molecule has 1 aliphatic heterocycles. The van der Waals surface area contributed by atoms with Crippen LogP contribution in [-0.4, -0.2) is 28.4 Å². The summed E-state index contributed by atoms with van der Waals surface area (Å²) in [4.78, 5) is 18.7. The van der Waals surface area contributed by atoms with E-state index in [4.69, 9.17) is 5.73 Å². The number of hydrogen-bond acceptors (Lipinski definition) is 3. The molecular weight excluding hydrogens is 262 g/mol. The lowest BCUT2D eigenvalue weighted by atomic mass is 10.0. The number of pyridine rings is 1. The minimum atomic E-state index is 0.00781. The van der Waals surface area contributed by atoms with E-state index in [-0.39, 0.29) is 11.9 Å². The van der Waals surface area contributed by atoms with E-state index in [9.17, 15) is 4.79 Å². The van der Waals surface area contributed by atoms with E-state index in [1.807, 2.05) is 23.1 Å². The van der Waals surface area contributed by atoms with Crippen molar-refractivity contribution in [1.82, 2.24) is 9.88 Å². The number of nitrogens with zero attached hydrogens (tertiary/aromatic N) is 2. The fourth-order valence-corrected chi connectivity index (χ4v) is 2.88. The van der Waals surface area contributed by atoms with Crippen LogP contribution in [0.15, 0.2) is 48.7 Å². The Morgan fingerprint density at radius 1 is 1.24 bits per heavy atom. The maximum absolute atomic E-state index is 12.6. The van der Waals surface area contributed by atoms with Crippen LogP contribution in [0.1, 0.15) is 28.9 Å². The number of likely N-dealkylation sites (tertiary alicyclic amines) is 1. The number of nitrogens with two attached hydrogens (primary N) is 1. The molecule has 3 rings (SSSR count). The maximum Gasteiger partial charge on any atom is 0.272 e. The van der Waals surface area contributed by atoms with Crippen molar-refractivity contribution in [2.24, 2.45) is 0 Å². The fraction of sp³-hybridized carbons (Fsp3) is 0.294. The first-order valence-electron chi connectivity index (χ1n) is 7.30. The first-order chi connectivity index (χ1) is 10.2. The molecule has 108 valence electrons. The Balaban J connectivity index is 1.74. The molecule has 0 spiro atoms. The van der Waals surface area contributed by atoms with Gasteiger partial charge in [-0.05, 0) is 37.0 Å². The van der Waals surface area contributed by atoms with Gasteiger partial charge in [0.25, 0.3) is 5.91 Å². The molecule has 2 heterocycles. The second kappa shape index (κ2) is 5.95. The third-order valence-corrected chi connectivity index (χ3v) is 3.96. The molecule has 1 atom stereocenters. The Morgan fingerprint density at radius 3 is 2.76 bits per heavy atom. The predicted octanol–water partition coefficient (Wildman–Crippen LogP) is 2.51. The molecule has 0 saturated carbocycles. The van der Waals surface area contributed by atoms with E-state index in [0.29, 0.717) is 11.4 Å². The Bertz CT molecular complexity index is 610. The number of benzene rings is 1. The number of carbonyl (C=O) groups is 1. The zero-order valence-electron chi connectivity index (χ0n) is 11.9. The van der Waals surface area contributed by atoms with Gasteiger partial charge in [0.15, 0.2) is 0 Å². The van der Waals surface area contributed by atoms with Crippen LogP contribution < -0.4 is 5.73 Å². The van der Waals surface area contributed by atoms with E-state index < -0.39 is 0 Å². The van der Waals surface area contributed by atoms with Crippen LogP contribution in [-0.2, 0) is 6.42 Å². The van der Waals surface area contributed by atoms with Crippen LogP contribution in [0.4, 0.5) is 5.69 Å². The van der Waals surface area contributed by atoms with Gasteiger partial charge in [-0.2, -0.15) is 0 Å². The van der Waals surface area contributed by atoms with Crippen LogP contribution in [0.25, 0.3) is 0 Å². The molecule has 1 saturated heterocycles. The van der Waals surface area contributed by atoms with Gasteiger partial charge >= 0.3 is 0 Å². The molecule has 0 radical (unpaired) electrons. The third kappa shape index (κ3) is 3.05. The third-order valence-electron chi connectivity index (χ3n) is 3.96. The van der Waals surface area contributed by atoms with Crippen molar-refractivity contribution in [2.75, 3.05) is 12.3 Å². The zero-order chi connectivity index (χ0) is 14.7. The molecule has 1 amide bonds. The molecule has 4 heteroatoms. The van der Waals surface area contributed by atoms with Gasteiger partial charge in [-0.3, -0.25) is 4.79 Å². The highest BCUT2D eigenvalue weighted by atomic mass is 16.2. The van der Waals surface area contributed by atoms with Gasteiger partial charge in [0.1, 0.15) is 5.69 Å². The lowest BCUT2D eigenvalue weighted by Gasteiger charge is -2.24. The van der Waals surface area contributed by atoms with Crippen molar-refractivity contribution in [1.29, 1.82) is 0 Å². The molecule has 1 fully saturated rings. The lowest BCUT2D eigenvalue weighted by Crippen LogP contribution is -2.37. The summed E-state index contributed by atoms with van der Waals surface area (Å²) >= 11 is 0. The quantitative estimate of drug-likeness (QED) is 0.940. The molecule has 1 aromatic carbocycles. The highest BCUT2D eigenvalue weighted by Crippen LogP contribution is 2.23. The highest BCUT2D eigenvalue weighted by molar-refractivity contribution is 5.92. The van der Waals surface area contributed by atoms with Gasteiger partial charge in [0.2, 0.25) is 0 Å². The molecule has 0 bridgehead atoms. The molecule has 2 aromatic rings.